The van der Waals surface area contributed by atoms with Crippen LogP contribution in [0.15, 0.2) is 71.7 Å². The first kappa shape index (κ1) is 21.8. The number of ketones is 1. The fraction of sp³-hybridized carbons (Fsp3) is 0.269. The molecule has 0 saturated heterocycles. The lowest BCUT2D eigenvalue weighted by atomic mass is 9.85. The summed E-state index contributed by atoms with van der Waals surface area (Å²) in [4.78, 5) is 37.9. The van der Waals surface area contributed by atoms with Gasteiger partial charge in [0.25, 0.3) is 5.56 Å². The lowest BCUT2D eigenvalue weighted by Crippen LogP contribution is -2.38. The van der Waals surface area contributed by atoms with Crippen molar-refractivity contribution in [2.45, 2.75) is 32.2 Å². The molecule has 8 nitrogen and oxygen atoms in total. The first-order chi connectivity index (χ1) is 16.6. The average Bonchev–Trinajstić information content (AvgIpc) is 3.25. The summed E-state index contributed by atoms with van der Waals surface area (Å²) in [5, 5.41) is 9.40. The Morgan fingerprint density at radius 3 is 2.62 bits per heavy atom. The molecule has 34 heavy (non-hydrogen) atoms. The average molecular weight is 457 g/mol. The molecule has 4 aromatic rings. The highest BCUT2D eigenvalue weighted by Gasteiger charge is 2.35. The third-order valence-electron chi connectivity index (χ3n) is 6.20. The van der Waals surface area contributed by atoms with Gasteiger partial charge in [0, 0.05) is 24.2 Å². The van der Waals surface area contributed by atoms with Gasteiger partial charge >= 0.3 is 5.97 Å². The minimum absolute atomic E-state index is 0.101. The second-order valence-corrected chi connectivity index (χ2v) is 8.33. The molecule has 1 aliphatic carbocycles. The quantitative estimate of drug-likeness (QED) is 0.425. The maximum absolute atomic E-state index is 12.8. The largest absolute Gasteiger partial charge is 0.466 e. The molecule has 0 amide bonds. The van der Waals surface area contributed by atoms with Crippen LogP contribution < -0.4 is 5.56 Å². The normalized spacial score (nSPS) is 18.2. The van der Waals surface area contributed by atoms with Gasteiger partial charge in [0.1, 0.15) is 11.7 Å². The summed E-state index contributed by atoms with van der Waals surface area (Å²) < 4.78 is 8.16. The standard InChI is InChI=1S/C26H24N4O4/c1-2-34-26(33)18-11-13-22(31)21(16-18)30-23(32)14-12-19(27-30)24-20-10-6-7-15-29(20)28-25(24)17-8-4-3-5-9-17/h3-10,12,14-15,18,21H,2,11,13,16H2,1H3. The van der Waals surface area contributed by atoms with Crippen LogP contribution in [0, 0.1) is 5.92 Å². The second-order valence-electron chi connectivity index (χ2n) is 8.33. The van der Waals surface area contributed by atoms with Gasteiger partial charge in [-0.1, -0.05) is 36.4 Å². The minimum atomic E-state index is -0.808. The molecule has 0 spiro atoms. The van der Waals surface area contributed by atoms with E-state index < -0.39 is 12.0 Å². The first-order valence-electron chi connectivity index (χ1n) is 11.4. The zero-order valence-corrected chi connectivity index (χ0v) is 18.8. The number of Topliss-reactive ketones (excluding diaryl/α,β-unsaturated/α-hetero) is 1. The maximum Gasteiger partial charge on any atom is 0.309 e. The predicted molar refractivity (Wildman–Crippen MR) is 126 cm³/mol. The molecule has 1 aromatic carbocycles. The Kier molecular flexibility index (Phi) is 5.79. The van der Waals surface area contributed by atoms with Gasteiger partial charge in [-0.25, -0.2) is 9.20 Å². The Balaban J connectivity index is 1.62. The van der Waals surface area contributed by atoms with Gasteiger partial charge in [0.05, 0.1) is 29.3 Å². The molecule has 0 radical (unpaired) electrons. The maximum atomic E-state index is 12.8. The molecule has 1 saturated carbocycles. The van der Waals surface area contributed by atoms with Gasteiger partial charge in [-0.2, -0.15) is 10.2 Å². The van der Waals surface area contributed by atoms with Crippen molar-refractivity contribution >= 4 is 17.3 Å². The number of fused-ring (bicyclic) bond motifs is 1. The molecule has 3 aromatic heterocycles. The Labute approximate surface area is 195 Å². The van der Waals surface area contributed by atoms with Crippen LogP contribution >= 0.6 is 0 Å². The van der Waals surface area contributed by atoms with Crippen molar-refractivity contribution in [1.29, 1.82) is 0 Å². The fourth-order valence-corrected chi connectivity index (χ4v) is 4.54. The molecule has 2 unspecified atom stereocenters. The number of hydrogen-bond donors (Lipinski definition) is 0. The van der Waals surface area contributed by atoms with Gasteiger partial charge in [-0.15, -0.1) is 0 Å². The number of pyridine rings is 1. The van der Waals surface area contributed by atoms with Crippen LogP contribution in [-0.2, 0) is 14.3 Å². The number of esters is 1. The molecule has 0 aliphatic heterocycles. The second kappa shape index (κ2) is 9.05. The molecule has 0 bridgehead atoms. The van der Waals surface area contributed by atoms with Crippen molar-refractivity contribution in [3.8, 4) is 22.5 Å². The number of nitrogens with zero attached hydrogens (tertiary/aromatic N) is 4. The van der Waals surface area contributed by atoms with E-state index in [9.17, 15) is 14.4 Å². The third-order valence-corrected chi connectivity index (χ3v) is 6.20. The van der Waals surface area contributed by atoms with Crippen LogP contribution in [-0.4, -0.2) is 37.8 Å². The van der Waals surface area contributed by atoms with Gasteiger partial charge < -0.3 is 4.74 Å². The number of aromatic nitrogens is 4. The number of hydrogen-bond acceptors (Lipinski definition) is 6. The molecule has 1 fully saturated rings. The van der Waals surface area contributed by atoms with E-state index in [0.717, 1.165) is 22.3 Å². The smallest absolute Gasteiger partial charge is 0.309 e. The highest BCUT2D eigenvalue weighted by Crippen LogP contribution is 2.35. The van der Waals surface area contributed by atoms with Crippen molar-refractivity contribution in [3.05, 3.63) is 77.2 Å². The molecule has 1 aliphatic rings. The Morgan fingerprint density at radius 2 is 1.82 bits per heavy atom. The summed E-state index contributed by atoms with van der Waals surface area (Å²) in [6.45, 7) is 2.03. The topological polar surface area (TPSA) is 95.6 Å². The van der Waals surface area contributed by atoms with E-state index in [2.05, 4.69) is 5.10 Å². The summed E-state index contributed by atoms with van der Waals surface area (Å²) in [5.41, 5.74) is 3.39. The van der Waals surface area contributed by atoms with E-state index in [-0.39, 0.29) is 36.8 Å². The third kappa shape index (κ3) is 3.91. The highest BCUT2D eigenvalue weighted by atomic mass is 16.5. The van der Waals surface area contributed by atoms with E-state index in [1.165, 1.54) is 10.7 Å². The molecule has 0 N–H and O–H groups in total. The van der Waals surface area contributed by atoms with E-state index in [0.29, 0.717) is 12.1 Å². The molecule has 3 heterocycles. The number of ether oxygens (including phenoxy) is 1. The Morgan fingerprint density at radius 1 is 1.03 bits per heavy atom. The monoisotopic (exact) mass is 456 g/mol. The van der Waals surface area contributed by atoms with Crippen LogP contribution in [0.25, 0.3) is 28.0 Å². The van der Waals surface area contributed by atoms with Gasteiger partial charge in [-0.3, -0.25) is 14.4 Å². The zero-order valence-electron chi connectivity index (χ0n) is 18.8. The fourth-order valence-electron chi connectivity index (χ4n) is 4.54. The molecular weight excluding hydrogens is 432 g/mol. The molecule has 172 valence electrons. The van der Waals surface area contributed by atoms with E-state index in [1.807, 2.05) is 54.7 Å². The van der Waals surface area contributed by atoms with Crippen molar-refractivity contribution in [1.82, 2.24) is 19.4 Å². The van der Waals surface area contributed by atoms with Crippen LogP contribution in [0.1, 0.15) is 32.2 Å². The summed E-state index contributed by atoms with van der Waals surface area (Å²) in [5.74, 6) is -0.870. The van der Waals surface area contributed by atoms with Gasteiger partial charge in [-0.05, 0) is 38.0 Å². The first-order valence-corrected chi connectivity index (χ1v) is 11.4. The van der Waals surface area contributed by atoms with Crippen LogP contribution in [0.4, 0.5) is 0 Å². The van der Waals surface area contributed by atoms with Crippen molar-refractivity contribution in [3.63, 3.8) is 0 Å². The summed E-state index contributed by atoms with van der Waals surface area (Å²) in [6, 6.07) is 17.8. The van der Waals surface area contributed by atoms with E-state index in [4.69, 9.17) is 9.84 Å². The van der Waals surface area contributed by atoms with E-state index in [1.54, 1.807) is 17.5 Å². The zero-order chi connectivity index (χ0) is 23.7. The van der Waals surface area contributed by atoms with Gasteiger partial charge in [0.15, 0.2) is 5.78 Å². The lowest BCUT2D eigenvalue weighted by molar-refractivity contribution is -0.150. The number of rotatable bonds is 5. The minimum Gasteiger partial charge on any atom is -0.466 e. The summed E-state index contributed by atoms with van der Waals surface area (Å²) in [7, 11) is 0. The summed E-state index contributed by atoms with van der Waals surface area (Å²) >= 11 is 0. The lowest BCUT2D eigenvalue weighted by Gasteiger charge is -2.27. The predicted octanol–water partition coefficient (Wildman–Crippen LogP) is 3.70. The van der Waals surface area contributed by atoms with Gasteiger partial charge in [0.2, 0.25) is 0 Å². The number of carbonyl (C=O) groups is 2. The molecule has 8 heteroatoms. The highest BCUT2D eigenvalue weighted by molar-refractivity contribution is 5.91. The number of benzene rings is 1. The molecular formula is C26H24N4O4. The van der Waals surface area contributed by atoms with Crippen LogP contribution in [0.2, 0.25) is 0 Å². The van der Waals surface area contributed by atoms with E-state index >= 15 is 0 Å². The Bertz CT molecular complexity index is 1420. The SMILES string of the molecule is CCOC(=O)C1CCC(=O)C(n2nc(-c3c(-c4ccccc4)nn4ccccc34)ccc2=O)C1. The summed E-state index contributed by atoms with van der Waals surface area (Å²) in [6.07, 6.45) is 2.69. The number of carbonyl (C=O) groups excluding carboxylic acids is 2. The van der Waals surface area contributed by atoms with Crippen molar-refractivity contribution in [2.75, 3.05) is 6.61 Å². The molecule has 5 rings (SSSR count). The van der Waals surface area contributed by atoms with Crippen molar-refractivity contribution in [2.24, 2.45) is 5.92 Å². The van der Waals surface area contributed by atoms with Crippen LogP contribution in [0.5, 0.6) is 0 Å². The molecule has 2 atom stereocenters. The van der Waals surface area contributed by atoms with Crippen molar-refractivity contribution < 1.29 is 14.3 Å². The van der Waals surface area contributed by atoms with Crippen LogP contribution in [0.3, 0.4) is 0 Å². The Hall–Kier alpha value is -4.07.